The molecular formula is C16H24O2. The number of carbonyl (C=O) groups is 1. The van der Waals surface area contributed by atoms with E-state index in [9.17, 15) is 4.79 Å². The lowest BCUT2D eigenvalue weighted by Crippen LogP contribution is -2.34. The van der Waals surface area contributed by atoms with Crippen molar-refractivity contribution >= 4 is 5.97 Å². The van der Waals surface area contributed by atoms with E-state index in [1.165, 1.54) is 19.3 Å². The molecule has 3 fully saturated rings. The van der Waals surface area contributed by atoms with Gasteiger partial charge in [0.1, 0.15) is 5.60 Å². The van der Waals surface area contributed by atoms with Crippen LogP contribution in [-0.4, -0.2) is 11.6 Å². The van der Waals surface area contributed by atoms with E-state index < -0.39 is 0 Å². The molecule has 0 heterocycles. The van der Waals surface area contributed by atoms with Gasteiger partial charge in [0.2, 0.25) is 0 Å². The van der Waals surface area contributed by atoms with Crippen LogP contribution in [0.25, 0.3) is 0 Å². The Bertz CT molecular complexity index is 425. The third-order valence-electron chi connectivity index (χ3n) is 6.18. The maximum atomic E-state index is 11.8. The Balaban J connectivity index is 1.83. The van der Waals surface area contributed by atoms with Crippen molar-refractivity contribution in [3.05, 3.63) is 12.2 Å². The summed E-state index contributed by atoms with van der Waals surface area (Å²) in [5.41, 5.74) is 0.521. The van der Waals surface area contributed by atoms with Crippen LogP contribution in [0.3, 0.4) is 0 Å². The average molecular weight is 248 g/mol. The van der Waals surface area contributed by atoms with Crippen molar-refractivity contribution in [3.63, 3.8) is 0 Å². The van der Waals surface area contributed by atoms with Crippen molar-refractivity contribution in [3.8, 4) is 0 Å². The first kappa shape index (κ1) is 12.3. The van der Waals surface area contributed by atoms with Gasteiger partial charge in [-0.05, 0) is 50.9 Å². The third-order valence-corrected chi connectivity index (χ3v) is 6.18. The van der Waals surface area contributed by atoms with Crippen molar-refractivity contribution in [1.82, 2.24) is 0 Å². The highest BCUT2D eigenvalue weighted by Crippen LogP contribution is 2.79. The molecule has 0 N–H and O–H groups in total. The van der Waals surface area contributed by atoms with Crippen LogP contribution in [0.5, 0.6) is 0 Å². The summed E-state index contributed by atoms with van der Waals surface area (Å²) in [6.45, 7) is 12.3. The SMILES string of the molecule is C=C(C)C(=O)OC1(C)C2C3CC(C)CC(C3)C21C. The van der Waals surface area contributed by atoms with E-state index in [1.54, 1.807) is 6.92 Å². The highest BCUT2D eigenvalue weighted by molar-refractivity contribution is 5.87. The Kier molecular flexibility index (Phi) is 2.31. The van der Waals surface area contributed by atoms with Gasteiger partial charge in [0.05, 0.1) is 0 Å². The van der Waals surface area contributed by atoms with E-state index in [1.807, 2.05) is 0 Å². The smallest absolute Gasteiger partial charge is 0.333 e. The first-order valence-electron chi connectivity index (χ1n) is 7.19. The molecule has 0 aromatic heterocycles. The van der Waals surface area contributed by atoms with E-state index in [-0.39, 0.29) is 17.0 Å². The van der Waals surface area contributed by atoms with Gasteiger partial charge in [-0.15, -0.1) is 0 Å². The Morgan fingerprint density at radius 3 is 2.50 bits per heavy atom. The molecule has 3 saturated carbocycles. The first-order chi connectivity index (χ1) is 8.30. The zero-order valence-corrected chi connectivity index (χ0v) is 12.0. The third kappa shape index (κ3) is 1.27. The van der Waals surface area contributed by atoms with Crippen LogP contribution in [0, 0.1) is 29.1 Å². The maximum absolute atomic E-state index is 11.8. The summed E-state index contributed by atoms with van der Waals surface area (Å²) in [4.78, 5) is 11.8. The molecule has 0 spiro atoms. The highest BCUT2D eigenvalue weighted by Gasteiger charge is 2.82. The molecule has 0 amide bonds. The van der Waals surface area contributed by atoms with Gasteiger partial charge in [-0.1, -0.05) is 20.4 Å². The van der Waals surface area contributed by atoms with Crippen molar-refractivity contribution < 1.29 is 9.53 Å². The van der Waals surface area contributed by atoms with Crippen molar-refractivity contribution in [1.29, 1.82) is 0 Å². The summed E-state index contributed by atoms with van der Waals surface area (Å²) < 4.78 is 5.81. The summed E-state index contributed by atoms with van der Waals surface area (Å²) in [5.74, 6) is 2.74. The van der Waals surface area contributed by atoms with Gasteiger partial charge in [0.15, 0.2) is 0 Å². The molecule has 6 atom stereocenters. The molecule has 3 aliphatic rings. The molecule has 2 bridgehead atoms. The minimum Gasteiger partial charge on any atom is -0.455 e. The Labute approximate surface area is 110 Å². The lowest BCUT2D eigenvalue weighted by Gasteiger charge is -2.35. The predicted molar refractivity (Wildman–Crippen MR) is 70.9 cm³/mol. The molecule has 0 saturated heterocycles. The number of esters is 1. The fourth-order valence-corrected chi connectivity index (χ4v) is 5.30. The number of ether oxygens (including phenoxy) is 1. The topological polar surface area (TPSA) is 26.3 Å². The van der Waals surface area contributed by atoms with Gasteiger partial charge in [0, 0.05) is 16.9 Å². The van der Waals surface area contributed by atoms with Crippen LogP contribution >= 0.6 is 0 Å². The Morgan fingerprint density at radius 2 is 1.94 bits per heavy atom. The molecule has 18 heavy (non-hydrogen) atoms. The first-order valence-corrected chi connectivity index (χ1v) is 7.19. The zero-order valence-electron chi connectivity index (χ0n) is 12.0. The molecule has 2 heteroatoms. The average Bonchev–Trinajstić information content (AvgIpc) is 2.65. The fourth-order valence-electron chi connectivity index (χ4n) is 5.30. The molecule has 3 rings (SSSR count). The van der Waals surface area contributed by atoms with Gasteiger partial charge in [0.25, 0.3) is 0 Å². The predicted octanol–water partition coefficient (Wildman–Crippen LogP) is 3.57. The normalized spacial score (nSPS) is 52.7. The van der Waals surface area contributed by atoms with E-state index in [0.29, 0.717) is 11.5 Å². The second kappa shape index (κ2) is 3.40. The van der Waals surface area contributed by atoms with E-state index in [0.717, 1.165) is 17.8 Å². The van der Waals surface area contributed by atoms with Crippen LogP contribution in [-0.2, 0) is 9.53 Å². The largest absolute Gasteiger partial charge is 0.455 e. The minimum atomic E-state index is -0.225. The van der Waals surface area contributed by atoms with Crippen LogP contribution in [0.4, 0.5) is 0 Å². The fraction of sp³-hybridized carbons (Fsp3) is 0.812. The van der Waals surface area contributed by atoms with Crippen LogP contribution in [0.1, 0.15) is 47.0 Å². The summed E-state index contributed by atoms with van der Waals surface area (Å²) in [6.07, 6.45) is 3.98. The van der Waals surface area contributed by atoms with Gasteiger partial charge >= 0.3 is 5.97 Å². The number of fused-ring (bicyclic) bond motifs is 5. The number of hydrogen-bond acceptors (Lipinski definition) is 2. The summed E-state index contributed by atoms with van der Waals surface area (Å²) >= 11 is 0. The quantitative estimate of drug-likeness (QED) is 0.551. The molecule has 0 aliphatic heterocycles. The second-order valence-corrected chi connectivity index (χ2v) is 7.31. The highest BCUT2D eigenvalue weighted by atomic mass is 16.6. The molecular weight excluding hydrogens is 224 g/mol. The zero-order chi connectivity index (χ0) is 13.3. The van der Waals surface area contributed by atoms with Gasteiger partial charge in [-0.25, -0.2) is 4.79 Å². The Morgan fingerprint density at radius 1 is 1.28 bits per heavy atom. The molecule has 100 valence electrons. The lowest BCUT2D eigenvalue weighted by molar-refractivity contribution is -0.150. The lowest BCUT2D eigenvalue weighted by atomic mass is 9.73. The second-order valence-electron chi connectivity index (χ2n) is 7.31. The van der Waals surface area contributed by atoms with Crippen LogP contribution < -0.4 is 0 Å². The number of carbonyl (C=O) groups excluding carboxylic acids is 1. The van der Waals surface area contributed by atoms with Gasteiger partial charge in [-0.2, -0.15) is 0 Å². The minimum absolute atomic E-state index is 0.209. The van der Waals surface area contributed by atoms with Crippen LogP contribution in [0.2, 0.25) is 0 Å². The summed E-state index contributed by atoms with van der Waals surface area (Å²) in [7, 11) is 0. The molecule has 6 unspecified atom stereocenters. The number of hydrogen-bond donors (Lipinski definition) is 0. The van der Waals surface area contributed by atoms with Gasteiger partial charge < -0.3 is 4.74 Å². The number of rotatable bonds is 2. The summed E-state index contributed by atoms with van der Waals surface area (Å²) in [6, 6.07) is 0. The van der Waals surface area contributed by atoms with Crippen molar-refractivity contribution in [2.24, 2.45) is 29.1 Å². The molecule has 0 radical (unpaired) electrons. The summed E-state index contributed by atoms with van der Waals surface area (Å²) in [5, 5.41) is 0. The van der Waals surface area contributed by atoms with E-state index in [4.69, 9.17) is 4.74 Å². The van der Waals surface area contributed by atoms with Crippen LogP contribution in [0.15, 0.2) is 12.2 Å². The standard InChI is InChI=1S/C16H24O2/c1-9(2)14(17)18-16(5)13-11-6-10(3)7-12(8-11)15(13,16)4/h10-13H,1,6-8H2,2-5H3. The monoisotopic (exact) mass is 248 g/mol. The van der Waals surface area contributed by atoms with E-state index in [2.05, 4.69) is 27.4 Å². The van der Waals surface area contributed by atoms with Gasteiger partial charge in [-0.3, -0.25) is 0 Å². The molecule has 2 nitrogen and oxygen atoms in total. The molecule has 3 aliphatic carbocycles. The van der Waals surface area contributed by atoms with E-state index >= 15 is 0 Å². The Hall–Kier alpha value is -0.790. The maximum Gasteiger partial charge on any atom is 0.333 e. The molecule has 0 aromatic carbocycles. The van der Waals surface area contributed by atoms with Crippen molar-refractivity contribution in [2.45, 2.75) is 52.6 Å². The molecule has 0 aromatic rings. The van der Waals surface area contributed by atoms with Crippen molar-refractivity contribution in [2.75, 3.05) is 0 Å².